The van der Waals surface area contributed by atoms with Crippen LogP contribution in [0.3, 0.4) is 0 Å². The maximum Gasteiger partial charge on any atom is 0.0230 e. The molecule has 0 saturated carbocycles. The standard InChI is InChI=1S/C9H22N4/c1-11(2)10-4-5-13-8-6-12(3)7-9-13/h10H,4-9H2,1-3H3. The van der Waals surface area contributed by atoms with Crippen molar-refractivity contribution in [1.82, 2.24) is 20.2 Å². The summed E-state index contributed by atoms with van der Waals surface area (Å²) in [5, 5.41) is 2.01. The molecule has 1 aliphatic heterocycles. The Morgan fingerprint density at radius 2 is 1.77 bits per heavy atom. The molecule has 1 N–H and O–H groups in total. The maximum absolute atomic E-state index is 3.28. The first-order valence-corrected chi connectivity index (χ1v) is 5.00. The molecular weight excluding hydrogens is 164 g/mol. The van der Waals surface area contributed by atoms with E-state index in [1.165, 1.54) is 26.2 Å². The van der Waals surface area contributed by atoms with Crippen molar-refractivity contribution in [3.05, 3.63) is 0 Å². The number of piperazine rings is 1. The summed E-state index contributed by atoms with van der Waals surface area (Å²) in [5.41, 5.74) is 3.28. The second-order valence-electron chi connectivity index (χ2n) is 3.95. The highest BCUT2D eigenvalue weighted by Gasteiger charge is 2.12. The average molecular weight is 186 g/mol. The normalized spacial score (nSPS) is 21.2. The highest BCUT2D eigenvalue weighted by Crippen LogP contribution is 1.97. The fourth-order valence-corrected chi connectivity index (χ4v) is 1.50. The monoisotopic (exact) mass is 186 g/mol. The van der Waals surface area contributed by atoms with E-state index in [0.29, 0.717) is 0 Å². The van der Waals surface area contributed by atoms with Crippen LogP contribution in [0.25, 0.3) is 0 Å². The highest BCUT2D eigenvalue weighted by molar-refractivity contribution is 4.69. The summed E-state index contributed by atoms with van der Waals surface area (Å²) in [6.07, 6.45) is 0. The Morgan fingerprint density at radius 3 is 2.31 bits per heavy atom. The number of hydrazine groups is 1. The lowest BCUT2D eigenvalue weighted by Crippen LogP contribution is -2.47. The molecule has 0 bridgehead atoms. The van der Waals surface area contributed by atoms with Crippen molar-refractivity contribution in [3.8, 4) is 0 Å². The van der Waals surface area contributed by atoms with Crippen molar-refractivity contribution < 1.29 is 0 Å². The molecule has 1 fully saturated rings. The Bertz CT molecular complexity index is 130. The highest BCUT2D eigenvalue weighted by atomic mass is 15.5. The van der Waals surface area contributed by atoms with Crippen molar-refractivity contribution in [2.75, 3.05) is 60.4 Å². The maximum atomic E-state index is 3.28. The largest absolute Gasteiger partial charge is 0.304 e. The molecule has 1 rings (SSSR count). The Balaban J connectivity index is 2.02. The fraction of sp³-hybridized carbons (Fsp3) is 1.00. The van der Waals surface area contributed by atoms with Gasteiger partial charge in [0.25, 0.3) is 0 Å². The first-order valence-electron chi connectivity index (χ1n) is 5.00. The van der Waals surface area contributed by atoms with E-state index < -0.39 is 0 Å². The molecule has 1 heterocycles. The van der Waals surface area contributed by atoms with Gasteiger partial charge in [0.1, 0.15) is 0 Å². The van der Waals surface area contributed by atoms with Gasteiger partial charge in [0.2, 0.25) is 0 Å². The average Bonchev–Trinajstić information content (AvgIpc) is 2.08. The minimum absolute atomic E-state index is 1.05. The van der Waals surface area contributed by atoms with Crippen LogP contribution < -0.4 is 5.43 Å². The van der Waals surface area contributed by atoms with Gasteiger partial charge in [-0.05, 0) is 7.05 Å². The Hall–Kier alpha value is -0.160. The zero-order valence-electron chi connectivity index (χ0n) is 9.08. The quantitative estimate of drug-likeness (QED) is 0.586. The van der Waals surface area contributed by atoms with Crippen molar-refractivity contribution in [3.63, 3.8) is 0 Å². The van der Waals surface area contributed by atoms with E-state index in [9.17, 15) is 0 Å². The Kier molecular flexibility index (Phi) is 4.66. The van der Waals surface area contributed by atoms with Gasteiger partial charge < -0.3 is 4.90 Å². The summed E-state index contributed by atoms with van der Waals surface area (Å²) in [6.45, 7) is 7.06. The lowest BCUT2D eigenvalue weighted by Gasteiger charge is -2.32. The van der Waals surface area contributed by atoms with E-state index in [-0.39, 0.29) is 0 Å². The number of nitrogens with one attached hydrogen (secondary N) is 1. The number of rotatable bonds is 4. The number of nitrogens with zero attached hydrogens (tertiary/aromatic N) is 3. The summed E-state index contributed by atoms with van der Waals surface area (Å²) >= 11 is 0. The van der Waals surface area contributed by atoms with Crippen LogP contribution in [-0.2, 0) is 0 Å². The van der Waals surface area contributed by atoms with Crippen LogP contribution in [0.1, 0.15) is 0 Å². The van der Waals surface area contributed by atoms with E-state index in [2.05, 4.69) is 22.3 Å². The van der Waals surface area contributed by atoms with E-state index in [1.54, 1.807) is 0 Å². The van der Waals surface area contributed by atoms with Crippen LogP contribution in [0.4, 0.5) is 0 Å². The Labute approximate surface area is 81.5 Å². The lowest BCUT2D eigenvalue weighted by atomic mass is 10.3. The van der Waals surface area contributed by atoms with Crippen molar-refractivity contribution in [1.29, 1.82) is 0 Å². The van der Waals surface area contributed by atoms with Crippen LogP contribution in [0.15, 0.2) is 0 Å². The van der Waals surface area contributed by atoms with E-state index in [0.717, 1.165) is 13.1 Å². The van der Waals surface area contributed by atoms with Gasteiger partial charge in [-0.25, -0.2) is 0 Å². The van der Waals surface area contributed by atoms with E-state index >= 15 is 0 Å². The molecule has 1 aliphatic rings. The van der Waals surface area contributed by atoms with Gasteiger partial charge in [0.15, 0.2) is 0 Å². The van der Waals surface area contributed by atoms with Gasteiger partial charge in [-0.2, -0.15) is 0 Å². The van der Waals surface area contributed by atoms with E-state index in [4.69, 9.17) is 0 Å². The molecular formula is C9H22N4. The molecule has 0 aromatic carbocycles. The van der Waals surface area contributed by atoms with Gasteiger partial charge in [0.05, 0.1) is 0 Å². The molecule has 0 atom stereocenters. The summed E-state index contributed by atoms with van der Waals surface area (Å²) in [4.78, 5) is 4.90. The van der Waals surface area contributed by atoms with Gasteiger partial charge >= 0.3 is 0 Å². The van der Waals surface area contributed by atoms with Crippen LogP contribution in [0, 0.1) is 0 Å². The molecule has 13 heavy (non-hydrogen) atoms. The van der Waals surface area contributed by atoms with Gasteiger partial charge in [-0.3, -0.25) is 15.3 Å². The molecule has 0 radical (unpaired) electrons. The molecule has 0 unspecified atom stereocenters. The first-order chi connectivity index (χ1) is 6.18. The van der Waals surface area contributed by atoms with Gasteiger partial charge in [-0.15, -0.1) is 0 Å². The van der Waals surface area contributed by atoms with Gasteiger partial charge in [-0.1, -0.05) is 0 Å². The van der Waals surface area contributed by atoms with Crippen LogP contribution in [0.5, 0.6) is 0 Å². The van der Waals surface area contributed by atoms with Gasteiger partial charge in [0, 0.05) is 53.4 Å². The second-order valence-corrected chi connectivity index (χ2v) is 3.95. The summed E-state index contributed by atoms with van der Waals surface area (Å²) in [7, 11) is 6.25. The van der Waals surface area contributed by atoms with Crippen molar-refractivity contribution >= 4 is 0 Å². The second kappa shape index (κ2) is 5.54. The van der Waals surface area contributed by atoms with Crippen molar-refractivity contribution in [2.45, 2.75) is 0 Å². The number of hydrogen-bond donors (Lipinski definition) is 1. The lowest BCUT2D eigenvalue weighted by molar-refractivity contribution is 0.145. The van der Waals surface area contributed by atoms with E-state index in [1.807, 2.05) is 19.1 Å². The molecule has 0 amide bonds. The SMILES string of the molecule is CN1CCN(CCNN(C)C)CC1. The zero-order chi connectivity index (χ0) is 9.68. The third-order valence-corrected chi connectivity index (χ3v) is 2.45. The minimum Gasteiger partial charge on any atom is -0.304 e. The van der Waals surface area contributed by atoms with Crippen molar-refractivity contribution in [2.24, 2.45) is 0 Å². The summed E-state index contributed by atoms with van der Waals surface area (Å²) < 4.78 is 0. The van der Waals surface area contributed by atoms with Crippen LogP contribution in [-0.4, -0.2) is 75.2 Å². The number of hydrogen-bond acceptors (Lipinski definition) is 4. The number of likely N-dealkylation sites (N-methyl/N-ethyl adjacent to an activating group) is 1. The third-order valence-electron chi connectivity index (χ3n) is 2.45. The Morgan fingerprint density at radius 1 is 1.15 bits per heavy atom. The predicted octanol–water partition coefficient (Wildman–Crippen LogP) is -0.700. The molecule has 0 aliphatic carbocycles. The molecule has 0 aromatic rings. The molecule has 1 saturated heterocycles. The molecule has 0 spiro atoms. The van der Waals surface area contributed by atoms with Crippen LogP contribution in [0.2, 0.25) is 0 Å². The predicted molar refractivity (Wildman–Crippen MR) is 55.6 cm³/mol. The summed E-state index contributed by atoms with van der Waals surface area (Å²) in [5.74, 6) is 0. The first kappa shape index (κ1) is 10.9. The third kappa shape index (κ3) is 4.57. The smallest absolute Gasteiger partial charge is 0.0230 e. The molecule has 0 aromatic heterocycles. The molecule has 78 valence electrons. The minimum atomic E-state index is 1.05. The zero-order valence-corrected chi connectivity index (χ0v) is 9.08. The topological polar surface area (TPSA) is 21.8 Å². The van der Waals surface area contributed by atoms with Crippen LogP contribution >= 0.6 is 0 Å². The summed E-state index contributed by atoms with van der Waals surface area (Å²) in [6, 6.07) is 0. The molecule has 4 heteroatoms. The molecule has 4 nitrogen and oxygen atoms in total. The fourth-order valence-electron chi connectivity index (χ4n) is 1.50.